The molecule has 2 aliphatic rings. The second-order valence-corrected chi connectivity index (χ2v) is 13.0. The number of carboxylic acids is 1. The number of carbonyl (C=O) groups is 1. The monoisotopic (exact) mass is 603 g/mol. The number of nitrogens with one attached hydrogen (secondary N) is 1. The average molecular weight is 604 g/mol. The largest absolute Gasteiger partial charge is 0.493 e. The van der Waals surface area contributed by atoms with Gasteiger partial charge in [-0.15, -0.1) is 0 Å². The van der Waals surface area contributed by atoms with Crippen LogP contribution < -0.4 is 15.0 Å². The Morgan fingerprint density at radius 2 is 1.77 bits per heavy atom. The Balaban J connectivity index is 1.45. The lowest BCUT2D eigenvalue weighted by molar-refractivity contribution is -0.136. The predicted octanol–water partition coefficient (Wildman–Crippen LogP) is 6.59. The molecule has 2 aromatic carbocycles. The van der Waals surface area contributed by atoms with Crippen LogP contribution in [0.5, 0.6) is 5.75 Å². The van der Waals surface area contributed by atoms with Crippen LogP contribution in [-0.2, 0) is 28.9 Å². The van der Waals surface area contributed by atoms with Crippen molar-refractivity contribution < 1.29 is 23.8 Å². The van der Waals surface area contributed by atoms with Crippen LogP contribution in [0.1, 0.15) is 62.0 Å². The molecule has 5 rings (SSSR count). The first kappa shape index (κ1) is 31.9. The Morgan fingerprint density at radius 3 is 2.43 bits per heavy atom. The molecule has 2 fully saturated rings. The van der Waals surface area contributed by atoms with Crippen LogP contribution in [0.15, 0.2) is 48.5 Å². The third-order valence-corrected chi connectivity index (χ3v) is 9.09. The first-order valence-corrected chi connectivity index (χ1v) is 15.9. The van der Waals surface area contributed by atoms with E-state index in [0.717, 1.165) is 104 Å². The molecule has 0 amide bonds. The number of aryl methyl sites for hydroxylation is 1. The summed E-state index contributed by atoms with van der Waals surface area (Å²) in [6, 6.07) is 14.6. The first-order valence-electron chi connectivity index (χ1n) is 15.9. The normalized spacial score (nSPS) is 17.0. The highest BCUT2D eigenvalue weighted by molar-refractivity contribution is 5.86. The van der Waals surface area contributed by atoms with Crippen molar-refractivity contribution in [2.45, 2.75) is 65.8 Å². The number of rotatable bonds is 12. The first-order chi connectivity index (χ1) is 21.2. The van der Waals surface area contributed by atoms with Crippen molar-refractivity contribution in [3.8, 4) is 16.9 Å². The van der Waals surface area contributed by atoms with Crippen LogP contribution in [0.25, 0.3) is 11.1 Å². The molecule has 0 saturated carbocycles. The smallest absolute Gasteiger partial charge is 0.307 e. The third kappa shape index (κ3) is 8.36. The Hall–Kier alpha value is -3.49. The molecular formula is C36H46FN3O4. The number of carboxylic acid groups (broad SMARTS) is 1. The zero-order valence-electron chi connectivity index (χ0n) is 26.3. The Bertz CT molecular complexity index is 1390. The highest BCUT2D eigenvalue weighted by Crippen LogP contribution is 2.42. The minimum atomic E-state index is -0.852. The maximum atomic E-state index is 13.2. The lowest BCUT2D eigenvalue weighted by Crippen LogP contribution is -2.38. The van der Waals surface area contributed by atoms with Crippen molar-refractivity contribution in [2.24, 2.45) is 11.3 Å². The number of benzene rings is 2. The number of halogens is 1. The van der Waals surface area contributed by atoms with Gasteiger partial charge in [0, 0.05) is 56.1 Å². The Morgan fingerprint density at radius 1 is 1.09 bits per heavy atom. The third-order valence-electron chi connectivity index (χ3n) is 9.09. The highest BCUT2D eigenvalue weighted by Gasteiger charge is 2.31. The van der Waals surface area contributed by atoms with Crippen LogP contribution in [0, 0.1) is 24.1 Å². The molecule has 2 saturated heterocycles. The number of hydrogen-bond donors (Lipinski definition) is 2. The summed E-state index contributed by atoms with van der Waals surface area (Å²) in [6.07, 6.45) is 4.81. The average Bonchev–Trinajstić information content (AvgIpc) is 3.00. The fraction of sp³-hybridized carbons (Fsp3) is 0.500. The van der Waals surface area contributed by atoms with E-state index in [2.05, 4.69) is 36.2 Å². The standard InChI is InChI=1S/C36H46FN3O4/c1-25-31(22-33(41)42)35(40-17-15-36(2,3)16-18-40)34(32(39-25)24-38-23-27-12-19-43-20-13-27)28-6-10-30(11-7-28)44-21-14-26-4-8-29(37)9-5-26/h4-11,27,38H,12-24H2,1-3H3,(H,41,42). The number of aromatic nitrogens is 1. The van der Waals surface area contributed by atoms with Gasteiger partial charge >= 0.3 is 5.97 Å². The molecule has 2 N–H and O–H groups in total. The number of nitrogens with zero attached hydrogens (tertiary/aromatic N) is 2. The molecule has 3 aromatic rings. The van der Waals surface area contributed by atoms with Crippen molar-refractivity contribution in [3.05, 3.63) is 76.9 Å². The summed E-state index contributed by atoms with van der Waals surface area (Å²) in [5.41, 5.74) is 6.79. The molecular weight excluding hydrogens is 557 g/mol. The van der Waals surface area contributed by atoms with Crippen LogP contribution in [-0.4, -0.2) is 55.5 Å². The SMILES string of the molecule is Cc1nc(CNCC2CCOCC2)c(-c2ccc(OCCc3ccc(F)cc3)cc2)c(N2CCC(C)(C)CC2)c1CC(=O)O. The summed E-state index contributed by atoms with van der Waals surface area (Å²) in [4.78, 5) is 19.5. The fourth-order valence-electron chi connectivity index (χ4n) is 6.26. The highest BCUT2D eigenvalue weighted by atomic mass is 19.1. The van der Waals surface area contributed by atoms with Gasteiger partial charge in [-0.05, 0) is 85.9 Å². The van der Waals surface area contributed by atoms with E-state index in [1.54, 1.807) is 12.1 Å². The van der Waals surface area contributed by atoms with Gasteiger partial charge in [-0.25, -0.2) is 4.39 Å². The molecule has 0 atom stereocenters. The van der Waals surface area contributed by atoms with Gasteiger partial charge in [0.15, 0.2) is 0 Å². The van der Waals surface area contributed by atoms with E-state index in [9.17, 15) is 14.3 Å². The molecule has 2 aliphatic heterocycles. The molecule has 0 spiro atoms. The van der Waals surface area contributed by atoms with E-state index in [1.165, 1.54) is 12.1 Å². The lowest BCUT2D eigenvalue weighted by atomic mass is 9.82. The van der Waals surface area contributed by atoms with E-state index >= 15 is 0 Å². The fourth-order valence-corrected chi connectivity index (χ4v) is 6.26. The number of piperidine rings is 1. The van der Waals surface area contributed by atoms with E-state index in [0.29, 0.717) is 25.5 Å². The summed E-state index contributed by atoms with van der Waals surface area (Å²) < 4.78 is 24.8. The molecule has 3 heterocycles. The lowest BCUT2D eigenvalue weighted by Gasteiger charge is -2.40. The van der Waals surface area contributed by atoms with E-state index in [4.69, 9.17) is 14.5 Å². The topological polar surface area (TPSA) is 83.9 Å². The van der Waals surface area contributed by atoms with Gasteiger partial charge in [0.25, 0.3) is 0 Å². The van der Waals surface area contributed by atoms with Crippen molar-refractivity contribution >= 4 is 11.7 Å². The van der Waals surface area contributed by atoms with E-state index < -0.39 is 5.97 Å². The van der Waals surface area contributed by atoms with Crippen molar-refractivity contribution in [1.82, 2.24) is 10.3 Å². The van der Waals surface area contributed by atoms with Crippen molar-refractivity contribution in [1.29, 1.82) is 0 Å². The molecule has 0 bridgehead atoms. The minimum absolute atomic E-state index is 0.0680. The molecule has 0 radical (unpaired) electrons. The van der Waals surface area contributed by atoms with Gasteiger partial charge in [-0.2, -0.15) is 0 Å². The van der Waals surface area contributed by atoms with Crippen LogP contribution in [0.4, 0.5) is 10.1 Å². The van der Waals surface area contributed by atoms with Crippen LogP contribution in [0.3, 0.4) is 0 Å². The Labute approximate surface area is 260 Å². The zero-order chi connectivity index (χ0) is 31.1. The Kier molecular flexibility index (Phi) is 10.5. The summed E-state index contributed by atoms with van der Waals surface area (Å²) in [5, 5.41) is 13.6. The molecule has 7 nitrogen and oxygen atoms in total. The van der Waals surface area contributed by atoms with Crippen LogP contribution >= 0.6 is 0 Å². The summed E-state index contributed by atoms with van der Waals surface area (Å²) >= 11 is 0. The van der Waals surface area contributed by atoms with Gasteiger partial charge in [0.05, 0.1) is 24.4 Å². The van der Waals surface area contributed by atoms with Gasteiger partial charge in [-0.3, -0.25) is 9.78 Å². The molecule has 0 unspecified atom stereocenters. The molecule has 236 valence electrons. The summed E-state index contributed by atoms with van der Waals surface area (Å²) in [6.45, 7) is 11.9. The number of anilines is 1. The predicted molar refractivity (Wildman–Crippen MR) is 172 cm³/mol. The minimum Gasteiger partial charge on any atom is -0.493 e. The van der Waals surface area contributed by atoms with Gasteiger partial charge in [0.1, 0.15) is 11.6 Å². The number of pyridine rings is 1. The number of hydrogen-bond acceptors (Lipinski definition) is 6. The summed E-state index contributed by atoms with van der Waals surface area (Å²) in [5.74, 6) is 0.236. The summed E-state index contributed by atoms with van der Waals surface area (Å²) in [7, 11) is 0. The zero-order valence-corrected chi connectivity index (χ0v) is 26.3. The second-order valence-electron chi connectivity index (χ2n) is 13.0. The molecule has 1 aromatic heterocycles. The quantitative estimate of drug-likeness (QED) is 0.242. The van der Waals surface area contributed by atoms with Crippen molar-refractivity contribution in [3.63, 3.8) is 0 Å². The number of ether oxygens (including phenoxy) is 2. The molecule has 44 heavy (non-hydrogen) atoms. The van der Waals surface area contributed by atoms with Gasteiger partial charge in [0.2, 0.25) is 0 Å². The molecule has 8 heteroatoms. The van der Waals surface area contributed by atoms with Gasteiger partial charge < -0.3 is 24.8 Å². The maximum absolute atomic E-state index is 13.2. The van der Waals surface area contributed by atoms with E-state index in [1.807, 2.05) is 19.1 Å². The van der Waals surface area contributed by atoms with Crippen LogP contribution in [0.2, 0.25) is 0 Å². The maximum Gasteiger partial charge on any atom is 0.307 e. The van der Waals surface area contributed by atoms with E-state index in [-0.39, 0.29) is 17.7 Å². The molecule has 0 aliphatic carbocycles. The van der Waals surface area contributed by atoms with Gasteiger partial charge in [-0.1, -0.05) is 38.1 Å². The second kappa shape index (κ2) is 14.5. The van der Waals surface area contributed by atoms with Crippen molar-refractivity contribution in [2.75, 3.05) is 44.4 Å². The number of aliphatic carboxylic acids is 1.